The summed E-state index contributed by atoms with van der Waals surface area (Å²) in [6.45, 7) is 0. The number of anilines is 2. The molecule has 2 N–H and O–H groups in total. The van der Waals surface area contributed by atoms with Gasteiger partial charge in [-0.05, 0) is 30.3 Å². The summed E-state index contributed by atoms with van der Waals surface area (Å²) in [5, 5.41) is 12.6. The van der Waals surface area contributed by atoms with Crippen molar-refractivity contribution in [3.8, 4) is 0 Å². The fourth-order valence-electron chi connectivity index (χ4n) is 2.01. The Morgan fingerprint density at radius 1 is 1.10 bits per heavy atom. The van der Waals surface area contributed by atoms with Crippen molar-refractivity contribution in [3.05, 3.63) is 59.0 Å². The summed E-state index contributed by atoms with van der Waals surface area (Å²) in [6.07, 6.45) is 0. The molecule has 0 fully saturated rings. The van der Waals surface area contributed by atoms with E-state index in [0.717, 1.165) is 28.2 Å². The van der Waals surface area contributed by atoms with Crippen LogP contribution >= 0.6 is 11.3 Å². The van der Waals surface area contributed by atoms with E-state index in [2.05, 4.69) is 5.32 Å². The van der Waals surface area contributed by atoms with Crippen molar-refractivity contribution >= 4 is 38.8 Å². The van der Waals surface area contributed by atoms with E-state index >= 15 is 0 Å². The summed E-state index contributed by atoms with van der Waals surface area (Å²) in [7, 11) is 0. The molecule has 6 heteroatoms. The third kappa shape index (κ3) is 2.57. The Bertz CT molecular complexity index is 845. The first kappa shape index (κ1) is 13.5. The highest BCUT2D eigenvalue weighted by atomic mass is 32.1. The predicted molar refractivity (Wildman–Crippen MR) is 78.4 cm³/mol. The molecular weight excluding hydrogens is 296 g/mol. The molecule has 0 radical (unpaired) electrons. The Kier molecular flexibility index (Phi) is 3.31. The third-order valence-corrected chi connectivity index (χ3v) is 4.06. The quantitative estimate of drug-likeness (QED) is 0.742. The van der Waals surface area contributed by atoms with Gasteiger partial charge in [0.05, 0.1) is 5.69 Å². The second-order valence-corrected chi connectivity index (χ2v) is 5.47. The van der Waals surface area contributed by atoms with E-state index in [-0.39, 0.29) is 10.6 Å². The van der Waals surface area contributed by atoms with E-state index in [0.29, 0.717) is 11.1 Å². The lowest BCUT2D eigenvalue weighted by Gasteiger charge is -2.08. The molecule has 0 aliphatic rings. The maximum Gasteiger partial charge on any atom is 0.345 e. The Hall–Kier alpha value is -2.47. The highest BCUT2D eigenvalue weighted by Crippen LogP contribution is 2.33. The summed E-state index contributed by atoms with van der Waals surface area (Å²) in [5.74, 6) is -2.37. The minimum absolute atomic E-state index is 0.131. The molecular formula is C15H9F2NO2S. The maximum atomic E-state index is 13.7. The van der Waals surface area contributed by atoms with E-state index in [1.54, 1.807) is 18.2 Å². The van der Waals surface area contributed by atoms with Gasteiger partial charge in [-0.15, -0.1) is 11.3 Å². The number of fused-ring (bicyclic) bond motifs is 1. The molecule has 106 valence electrons. The van der Waals surface area contributed by atoms with Crippen molar-refractivity contribution in [2.75, 3.05) is 5.32 Å². The van der Waals surface area contributed by atoms with Crippen molar-refractivity contribution in [2.24, 2.45) is 0 Å². The molecule has 1 aromatic heterocycles. The lowest BCUT2D eigenvalue weighted by Crippen LogP contribution is -1.95. The monoisotopic (exact) mass is 305 g/mol. The summed E-state index contributed by atoms with van der Waals surface area (Å²) in [4.78, 5) is 11.2. The zero-order valence-electron chi connectivity index (χ0n) is 10.6. The normalized spacial score (nSPS) is 10.8. The van der Waals surface area contributed by atoms with Crippen LogP contribution in [0.2, 0.25) is 0 Å². The number of hydrogen-bond acceptors (Lipinski definition) is 3. The minimum atomic E-state index is -1.00. The number of nitrogens with one attached hydrogen (secondary N) is 1. The molecule has 0 atom stereocenters. The zero-order chi connectivity index (χ0) is 15.0. The van der Waals surface area contributed by atoms with Gasteiger partial charge < -0.3 is 10.4 Å². The van der Waals surface area contributed by atoms with Gasteiger partial charge in [-0.2, -0.15) is 0 Å². The molecule has 3 rings (SSSR count). The second-order valence-electron chi connectivity index (χ2n) is 4.38. The number of halogens is 2. The van der Waals surface area contributed by atoms with Crippen molar-refractivity contribution in [1.29, 1.82) is 0 Å². The number of aromatic carboxylic acids is 1. The van der Waals surface area contributed by atoms with Crippen molar-refractivity contribution in [2.45, 2.75) is 0 Å². The Morgan fingerprint density at radius 3 is 2.62 bits per heavy atom. The van der Waals surface area contributed by atoms with Gasteiger partial charge in [0.2, 0.25) is 0 Å². The molecule has 0 aliphatic heterocycles. The first-order valence-electron chi connectivity index (χ1n) is 6.02. The van der Waals surface area contributed by atoms with Crippen LogP contribution in [0.25, 0.3) is 10.1 Å². The number of carboxylic acid groups (broad SMARTS) is 1. The molecule has 0 spiro atoms. The summed E-state index contributed by atoms with van der Waals surface area (Å²) >= 11 is 1.14. The predicted octanol–water partition coefficient (Wildman–Crippen LogP) is 4.62. The van der Waals surface area contributed by atoms with Crippen LogP contribution in [0.1, 0.15) is 9.67 Å². The number of thiophene rings is 1. The number of rotatable bonds is 3. The molecule has 1 heterocycles. The van der Waals surface area contributed by atoms with Crippen molar-refractivity contribution in [3.63, 3.8) is 0 Å². The minimum Gasteiger partial charge on any atom is -0.477 e. The number of carbonyl (C=O) groups is 1. The van der Waals surface area contributed by atoms with Gasteiger partial charge in [-0.25, -0.2) is 13.6 Å². The van der Waals surface area contributed by atoms with Crippen molar-refractivity contribution in [1.82, 2.24) is 0 Å². The van der Waals surface area contributed by atoms with Crippen LogP contribution < -0.4 is 5.32 Å². The number of carboxylic acids is 1. The van der Waals surface area contributed by atoms with Gasteiger partial charge in [0, 0.05) is 21.8 Å². The third-order valence-electron chi connectivity index (χ3n) is 2.97. The summed E-state index contributed by atoms with van der Waals surface area (Å²) < 4.78 is 27.4. The first-order chi connectivity index (χ1) is 10.0. The Labute approximate surface area is 122 Å². The van der Waals surface area contributed by atoms with Crippen molar-refractivity contribution < 1.29 is 18.7 Å². The molecule has 0 saturated carbocycles. The average Bonchev–Trinajstić information content (AvgIpc) is 2.87. The van der Waals surface area contributed by atoms with Crippen LogP contribution in [0.5, 0.6) is 0 Å². The van der Waals surface area contributed by atoms with Crippen LogP contribution in [0.15, 0.2) is 42.5 Å². The highest BCUT2D eigenvalue weighted by Gasteiger charge is 2.12. The molecule has 3 nitrogen and oxygen atoms in total. The fraction of sp³-hybridized carbons (Fsp3) is 0. The number of benzene rings is 2. The average molecular weight is 305 g/mol. The smallest absolute Gasteiger partial charge is 0.345 e. The molecule has 21 heavy (non-hydrogen) atoms. The molecule has 0 unspecified atom stereocenters. The molecule has 0 aliphatic carbocycles. The molecule has 0 saturated heterocycles. The van der Waals surface area contributed by atoms with E-state index in [1.165, 1.54) is 12.1 Å². The largest absolute Gasteiger partial charge is 0.477 e. The number of hydrogen-bond donors (Lipinski definition) is 2. The van der Waals surface area contributed by atoms with Gasteiger partial charge >= 0.3 is 5.97 Å². The lowest BCUT2D eigenvalue weighted by atomic mass is 10.2. The van der Waals surface area contributed by atoms with E-state index < -0.39 is 17.6 Å². The van der Waals surface area contributed by atoms with Gasteiger partial charge in [-0.1, -0.05) is 6.07 Å². The molecule has 0 amide bonds. The maximum absolute atomic E-state index is 13.7. The first-order valence-corrected chi connectivity index (χ1v) is 6.84. The van der Waals surface area contributed by atoms with Gasteiger partial charge in [-0.3, -0.25) is 0 Å². The van der Waals surface area contributed by atoms with Crippen LogP contribution in [0, 0.1) is 11.6 Å². The van der Waals surface area contributed by atoms with Crippen LogP contribution in [-0.2, 0) is 0 Å². The van der Waals surface area contributed by atoms with Crippen LogP contribution in [0.3, 0.4) is 0 Å². The van der Waals surface area contributed by atoms with Crippen LogP contribution in [-0.4, -0.2) is 11.1 Å². The van der Waals surface area contributed by atoms with Crippen LogP contribution in [0.4, 0.5) is 20.2 Å². The van der Waals surface area contributed by atoms with E-state index in [9.17, 15) is 13.6 Å². The molecule has 3 aromatic rings. The second kappa shape index (κ2) is 5.14. The zero-order valence-corrected chi connectivity index (χ0v) is 11.4. The lowest BCUT2D eigenvalue weighted by molar-refractivity contribution is 0.0702. The molecule has 2 aromatic carbocycles. The summed E-state index contributed by atoms with van der Waals surface area (Å²) in [6, 6.07) is 10.0. The SMILES string of the molecule is O=C(O)c1cc2c(Nc3ccc(F)cc3F)cccc2s1. The molecule has 0 bridgehead atoms. The van der Waals surface area contributed by atoms with E-state index in [1.807, 2.05) is 0 Å². The standard InChI is InChI=1S/C15H9F2NO2S/c16-8-4-5-12(10(17)6-8)18-11-2-1-3-13-9(11)7-14(21-13)15(19)20/h1-7,18H,(H,19,20). The van der Waals surface area contributed by atoms with Gasteiger partial charge in [0.15, 0.2) is 0 Å². The fourth-order valence-corrected chi connectivity index (χ4v) is 2.94. The summed E-state index contributed by atoms with van der Waals surface area (Å²) in [5.41, 5.74) is 0.703. The van der Waals surface area contributed by atoms with Gasteiger partial charge in [0.1, 0.15) is 16.5 Å². The van der Waals surface area contributed by atoms with E-state index in [4.69, 9.17) is 5.11 Å². The van der Waals surface area contributed by atoms with Gasteiger partial charge in [0.25, 0.3) is 0 Å². The Morgan fingerprint density at radius 2 is 1.90 bits per heavy atom. The Balaban J connectivity index is 2.06. The highest BCUT2D eigenvalue weighted by molar-refractivity contribution is 7.20. The topological polar surface area (TPSA) is 49.3 Å².